The highest BCUT2D eigenvalue weighted by Crippen LogP contribution is 2.03. The number of rotatable bonds is 4. The maximum absolute atomic E-state index is 10.5. The monoisotopic (exact) mass is 146 g/mol. The van der Waals surface area contributed by atoms with Gasteiger partial charge in [0.05, 0.1) is 0 Å². The lowest BCUT2D eigenvalue weighted by Crippen LogP contribution is -1.97. The van der Waals surface area contributed by atoms with Gasteiger partial charge in [0, 0.05) is 11.8 Å². The Hall–Kier alpha value is -0.300. The van der Waals surface area contributed by atoms with Gasteiger partial charge >= 0.3 is 0 Å². The smallest absolute Gasteiger partial charge is 0.155 e. The standard InChI is InChI=1S/C7H11ClO/c1-3-7(9)5-4-6(2)8/h3,6H,1,4-5H2,2H3. The molecule has 0 aliphatic rings. The summed E-state index contributed by atoms with van der Waals surface area (Å²) in [5.74, 6) is 0.0718. The molecule has 0 saturated carbocycles. The summed E-state index contributed by atoms with van der Waals surface area (Å²) in [6.07, 6.45) is 2.60. The van der Waals surface area contributed by atoms with Gasteiger partial charge in [-0.25, -0.2) is 0 Å². The SMILES string of the molecule is C=CC(=O)CCC(C)Cl. The van der Waals surface area contributed by atoms with Gasteiger partial charge in [-0.2, -0.15) is 0 Å². The fraction of sp³-hybridized carbons (Fsp3) is 0.571. The molecule has 9 heavy (non-hydrogen) atoms. The van der Waals surface area contributed by atoms with E-state index in [2.05, 4.69) is 6.58 Å². The first-order chi connectivity index (χ1) is 4.16. The van der Waals surface area contributed by atoms with Crippen LogP contribution in [0.3, 0.4) is 0 Å². The van der Waals surface area contributed by atoms with Crippen molar-refractivity contribution in [2.24, 2.45) is 0 Å². The minimum Gasteiger partial charge on any atom is -0.295 e. The van der Waals surface area contributed by atoms with Gasteiger partial charge in [0.15, 0.2) is 5.78 Å². The molecule has 0 aliphatic carbocycles. The highest BCUT2D eigenvalue weighted by atomic mass is 35.5. The van der Waals surface area contributed by atoms with Gasteiger partial charge in [-0.3, -0.25) is 4.79 Å². The van der Waals surface area contributed by atoms with E-state index in [1.54, 1.807) is 0 Å². The van der Waals surface area contributed by atoms with E-state index in [4.69, 9.17) is 11.6 Å². The van der Waals surface area contributed by atoms with Gasteiger partial charge in [-0.1, -0.05) is 6.58 Å². The molecule has 2 heteroatoms. The van der Waals surface area contributed by atoms with Crippen molar-refractivity contribution in [3.8, 4) is 0 Å². The Bertz CT molecular complexity index is 107. The normalized spacial score (nSPS) is 12.7. The maximum atomic E-state index is 10.5. The first-order valence-electron chi connectivity index (χ1n) is 2.96. The highest BCUT2D eigenvalue weighted by Gasteiger charge is 1.99. The summed E-state index contributed by atoms with van der Waals surface area (Å²) >= 11 is 5.59. The molecule has 0 N–H and O–H groups in total. The van der Waals surface area contributed by atoms with Gasteiger partial charge in [0.1, 0.15) is 0 Å². The van der Waals surface area contributed by atoms with E-state index in [0.717, 1.165) is 6.42 Å². The second-order valence-electron chi connectivity index (χ2n) is 1.99. The van der Waals surface area contributed by atoms with E-state index in [-0.39, 0.29) is 11.2 Å². The first-order valence-corrected chi connectivity index (χ1v) is 3.39. The van der Waals surface area contributed by atoms with Crippen molar-refractivity contribution >= 4 is 17.4 Å². The molecule has 0 radical (unpaired) electrons. The summed E-state index contributed by atoms with van der Waals surface area (Å²) in [7, 11) is 0. The Labute approximate surface area is 60.7 Å². The molecular formula is C7H11ClO. The van der Waals surface area contributed by atoms with Gasteiger partial charge in [-0.05, 0) is 19.4 Å². The van der Waals surface area contributed by atoms with Crippen molar-refractivity contribution in [1.29, 1.82) is 0 Å². The zero-order valence-electron chi connectivity index (χ0n) is 5.56. The van der Waals surface area contributed by atoms with Crippen LogP contribution in [0.25, 0.3) is 0 Å². The van der Waals surface area contributed by atoms with Crippen LogP contribution in [0.4, 0.5) is 0 Å². The van der Waals surface area contributed by atoms with Crippen molar-refractivity contribution in [2.75, 3.05) is 0 Å². The minimum atomic E-state index is 0.0718. The number of carbonyl (C=O) groups is 1. The quantitative estimate of drug-likeness (QED) is 0.439. The highest BCUT2D eigenvalue weighted by molar-refractivity contribution is 6.20. The minimum absolute atomic E-state index is 0.0718. The van der Waals surface area contributed by atoms with Crippen LogP contribution in [-0.2, 0) is 4.79 Å². The molecule has 0 saturated heterocycles. The number of allylic oxidation sites excluding steroid dienone is 1. The summed E-state index contributed by atoms with van der Waals surface area (Å²) in [5, 5.41) is 0.0916. The first kappa shape index (κ1) is 8.70. The molecular weight excluding hydrogens is 136 g/mol. The molecule has 0 spiro atoms. The molecule has 1 atom stereocenters. The average Bonchev–Trinajstić information content (AvgIpc) is 1.83. The zero-order valence-corrected chi connectivity index (χ0v) is 6.32. The summed E-state index contributed by atoms with van der Waals surface area (Å²) in [6.45, 7) is 5.22. The van der Waals surface area contributed by atoms with E-state index in [1.165, 1.54) is 6.08 Å². The van der Waals surface area contributed by atoms with Crippen LogP contribution in [0, 0.1) is 0 Å². The Morgan fingerprint density at radius 3 is 2.78 bits per heavy atom. The number of carbonyl (C=O) groups excluding carboxylic acids is 1. The number of ketones is 1. The lowest BCUT2D eigenvalue weighted by Gasteiger charge is -1.96. The molecule has 52 valence electrons. The Morgan fingerprint density at radius 2 is 2.44 bits per heavy atom. The molecule has 0 fully saturated rings. The van der Waals surface area contributed by atoms with Crippen LogP contribution in [0.2, 0.25) is 0 Å². The second kappa shape index (κ2) is 4.57. The molecule has 0 rings (SSSR count). The number of hydrogen-bond acceptors (Lipinski definition) is 1. The fourth-order valence-corrected chi connectivity index (χ4v) is 0.552. The third kappa shape index (κ3) is 5.57. The third-order valence-corrected chi connectivity index (χ3v) is 1.23. The van der Waals surface area contributed by atoms with Crippen molar-refractivity contribution < 1.29 is 4.79 Å². The fourth-order valence-electron chi connectivity index (χ4n) is 0.443. The lowest BCUT2D eigenvalue weighted by molar-refractivity contribution is -0.114. The molecule has 0 aliphatic heterocycles. The van der Waals surface area contributed by atoms with Crippen LogP contribution < -0.4 is 0 Å². The lowest BCUT2D eigenvalue weighted by atomic mass is 10.2. The van der Waals surface area contributed by atoms with E-state index in [0.29, 0.717) is 6.42 Å². The topological polar surface area (TPSA) is 17.1 Å². The predicted octanol–water partition coefficient (Wildman–Crippen LogP) is 2.15. The second-order valence-corrected chi connectivity index (χ2v) is 2.73. The van der Waals surface area contributed by atoms with Crippen molar-refractivity contribution in [3.63, 3.8) is 0 Å². The van der Waals surface area contributed by atoms with E-state index in [9.17, 15) is 4.79 Å². The van der Waals surface area contributed by atoms with Crippen LogP contribution in [0.15, 0.2) is 12.7 Å². The van der Waals surface area contributed by atoms with Crippen LogP contribution in [0.1, 0.15) is 19.8 Å². The summed E-state index contributed by atoms with van der Waals surface area (Å²) < 4.78 is 0. The average molecular weight is 147 g/mol. The van der Waals surface area contributed by atoms with Crippen molar-refractivity contribution in [2.45, 2.75) is 25.1 Å². The largest absolute Gasteiger partial charge is 0.295 e. The summed E-state index contributed by atoms with van der Waals surface area (Å²) in [5.41, 5.74) is 0. The summed E-state index contributed by atoms with van der Waals surface area (Å²) in [4.78, 5) is 10.5. The molecule has 1 unspecified atom stereocenters. The Morgan fingerprint density at radius 1 is 1.89 bits per heavy atom. The molecule has 0 aromatic rings. The molecule has 0 heterocycles. The molecule has 1 nitrogen and oxygen atoms in total. The molecule has 0 aromatic carbocycles. The van der Waals surface area contributed by atoms with Gasteiger partial charge in [0.2, 0.25) is 0 Å². The molecule has 0 aromatic heterocycles. The van der Waals surface area contributed by atoms with Crippen LogP contribution in [0.5, 0.6) is 0 Å². The number of hydrogen-bond donors (Lipinski definition) is 0. The van der Waals surface area contributed by atoms with Gasteiger partial charge < -0.3 is 0 Å². The maximum Gasteiger partial charge on any atom is 0.155 e. The zero-order chi connectivity index (χ0) is 7.28. The number of alkyl halides is 1. The van der Waals surface area contributed by atoms with Gasteiger partial charge in [-0.15, -0.1) is 11.6 Å². The summed E-state index contributed by atoms with van der Waals surface area (Å²) in [6, 6.07) is 0. The van der Waals surface area contributed by atoms with E-state index in [1.807, 2.05) is 6.92 Å². The van der Waals surface area contributed by atoms with Crippen molar-refractivity contribution in [3.05, 3.63) is 12.7 Å². The van der Waals surface area contributed by atoms with Crippen molar-refractivity contribution in [1.82, 2.24) is 0 Å². The Kier molecular flexibility index (Phi) is 4.41. The molecule has 0 amide bonds. The number of halogens is 1. The molecule has 0 bridgehead atoms. The third-order valence-electron chi connectivity index (χ3n) is 1.02. The van der Waals surface area contributed by atoms with Gasteiger partial charge in [0.25, 0.3) is 0 Å². The predicted molar refractivity (Wildman–Crippen MR) is 39.8 cm³/mol. The van der Waals surface area contributed by atoms with Crippen LogP contribution >= 0.6 is 11.6 Å². The van der Waals surface area contributed by atoms with E-state index < -0.39 is 0 Å². The van der Waals surface area contributed by atoms with Crippen LogP contribution in [-0.4, -0.2) is 11.2 Å². The van der Waals surface area contributed by atoms with E-state index >= 15 is 0 Å². The Balaban J connectivity index is 3.27.